The second-order valence-corrected chi connectivity index (χ2v) is 6.27. The second-order valence-electron chi connectivity index (χ2n) is 6.27. The lowest BCUT2D eigenvalue weighted by molar-refractivity contribution is -0.123. The van der Waals surface area contributed by atoms with Gasteiger partial charge in [-0.05, 0) is 43.7 Å². The third kappa shape index (κ3) is 5.41. The van der Waals surface area contributed by atoms with Crippen LogP contribution in [0.5, 0.6) is 5.75 Å². The largest absolute Gasteiger partial charge is 0.488 e. The maximum atomic E-state index is 13.0. The van der Waals surface area contributed by atoms with E-state index in [2.05, 4.69) is 10.5 Å². The van der Waals surface area contributed by atoms with Crippen LogP contribution in [-0.2, 0) is 16.1 Å². The molecule has 29 heavy (non-hydrogen) atoms. The molecule has 0 aliphatic heterocycles. The summed E-state index contributed by atoms with van der Waals surface area (Å²) in [4.78, 5) is 24.7. The molecule has 0 spiro atoms. The van der Waals surface area contributed by atoms with Crippen LogP contribution in [0, 0.1) is 12.7 Å². The first-order valence-electron chi connectivity index (χ1n) is 8.84. The molecular formula is C21H19FN2O5. The molecule has 1 atom stereocenters. The maximum Gasteiger partial charge on any atom is 0.342 e. The van der Waals surface area contributed by atoms with Gasteiger partial charge in [0, 0.05) is 6.07 Å². The van der Waals surface area contributed by atoms with Crippen molar-refractivity contribution in [2.24, 2.45) is 0 Å². The number of nitrogens with zero attached hydrogens (tertiary/aromatic N) is 1. The fraction of sp³-hybridized carbons (Fsp3) is 0.190. The van der Waals surface area contributed by atoms with Crippen LogP contribution in [0.3, 0.4) is 0 Å². The summed E-state index contributed by atoms with van der Waals surface area (Å²) in [6.45, 7) is 3.28. The number of hydrogen-bond donors (Lipinski definition) is 1. The number of rotatable bonds is 7. The molecule has 1 heterocycles. The van der Waals surface area contributed by atoms with Gasteiger partial charge in [-0.25, -0.2) is 9.18 Å². The number of carbonyl (C=O) groups is 2. The van der Waals surface area contributed by atoms with E-state index >= 15 is 0 Å². The number of nitrogens with one attached hydrogen (secondary N) is 1. The summed E-state index contributed by atoms with van der Waals surface area (Å²) in [5, 5.41) is 6.16. The van der Waals surface area contributed by atoms with Gasteiger partial charge in [0.2, 0.25) is 0 Å². The van der Waals surface area contributed by atoms with Gasteiger partial charge in [-0.15, -0.1) is 0 Å². The minimum atomic E-state index is -1.07. The highest BCUT2D eigenvalue weighted by Gasteiger charge is 2.22. The Kier molecular flexibility index (Phi) is 6.23. The van der Waals surface area contributed by atoms with E-state index < -0.39 is 18.0 Å². The number of halogens is 1. The predicted octanol–water partition coefficient (Wildman–Crippen LogP) is 3.89. The van der Waals surface area contributed by atoms with Gasteiger partial charge in [0.25, 0.3) is 5.91 Å². The van der Waals surface area contributed by atoms with E-state index in [0.717, 1.165) is 5.56 Å². The number of para-hydroxylation sites is 1. The molecule has 0 unspecified atom stereocenters. The van der Waals surface area contributed by atoms with Gasteiger partial charge in [0.05, 0.1) is 0 Å². The van der Waals surface area contributed by atoms with E-state index in [0.29, 0.717) is 11.5 Å². The predicted molar refractivity (Wildman–Crippen MR) is 102 cm³/mol. The van der Waals surface area contributed by atoms with Crippen molar-refractivity contribution in [3.63, 3.8) is 0 Å². The number of benzene rings is 2. The summed E-state index contributed by atoms with van der Waals surface area (Å²) in [6.07, 6.45) is -1.07. The Bertz CT molecular complexity index is 1000. The van der Waals surface area contributed by atoms with Crippen LogP contribution in [0.1, 0.15) is 28.6 Å². The number of anilines is 1. The number of aromatic nitrogens is 1. The van der Waals surface area contributed by atoms with Crippen molar-refractivity contribution in [3.05, 3.63) is 77.3 Å². The standard InChI is InChI=1S/C21H19FN2O5/c1-13-11-19(24-29-13)23-20(25)14(2)28-21(26)17-5-3-4-6-18(17)27-12-15-7-9-16(22)10-8-15/h3-11,14H,12H2,1-2H3,(H,23,24,25)/t14-/m1/s1. The van der Waals surface area contributed by atoms with Crippen molar-refractivity contribution in [3.8, 4) is 5.75 Å². The summed E-state index contributed by atoms with van der Waals surface area (Å²) >= 11 is 0. The van der Waals surface area contributed by atoms with Gasteiger partial charge in [-0.3, -0.25) is 4.79 Å². The van der Waals surface area contributed by atoms with E-state index in [1.807, 2.05) is 0 Å². The Morgan fingerprint density at radius 2 is 1.90 bits per heavy atom. The van der Waals surface area contributed by atoms with Crippen molar-refractivity contribution in [1.29, 1.82) is 0 Å². The fourth-order valence-electron chi connectivity index (χ4n) is 2.43. The summed E-state index contributed by atoms with van der Waals surface area (Å²) in [6, 6.07) is 13.9. The number of aryl methyl sites for hydroxylation is 1. The molecular weight excluding hydrogens is 379 g/mol. The molecule has 8 heteroatoms. The molecule has 1 amide bonds. The summed E-state index contributed by atoms with van der Waals surface area (Å²) in [5.74, 6) is -0.530. The summed E-state index contributed by atoms with van der Waals surface area (Å²) in [5.41, 5.74) is 0.914. The molecule has 0 aliphatic rings. The van der Waals surface area contributed by atoms with Crippen molar-refractivity contribution in [2.45, 2.75) is 26.6 Å². The fourth-order valence-corrected chi connectivity index (χ4v) is 2.43. The van der Waals surface area contributed by atoms with Crippen molar-refractivity contribution in [2.75, 3.05) is 5.32 Å². The number of hydrogen-bond acceptors (Lipinski definition) is 6. The molecule has 7 nitrogen and oxygen atoms in total. The van der Waals surface area contributed by atoms with Gasteiger partial charge >= 0.3 is 5.97 Å². The number of ether oxygens (including phenoxy) is 2. The molecule has 150 valence electrons. The van der Waals surface area contributed by atoms with Crippen LogP contribution in [0.25, 0.3) is 0 Å². The summed E-state index contributed by atoms with van der Waals surface area (Å²) < 4.78 is 28.8. The van der Waals surface area contributed by atoms with Crippen LogP contribution < -0.4 is 10.1 Å². The van der Waals surface area contributed by atoms with Crippen LogP contribution in [0.15, 0.2) is 59.1 Å². The quantitative estimate of drug-likeness (QED) is 0.608. The van der Waals surface area contributed by atoms with Gasteiger partial charge in [-0.1, -0.05) is 29.4 Å². The average Bonchev–Trinajstić information content (AvgIpc) is 3.12. The number of amides is 1. The highest BCUT2D eigenvalue weighted by Crippen LogP contribution is 2.21. The lowest BCUT2D eigenvalue weighted by Gasteiger charge is -2.15. The first-order valence-corrected chi connectivity index (χ1v) is 8.84. The van der Waals surface area contributed by atoms with Crippen LogP contribution in [0.2, 0.25) is 0 Å². The number of esters is 1. The Hall–Kier alpha value is -3.68. The topological polar surface area (TPSA) is 90.7 Å². The number of carbonyl (C=O) groups excluding carboxylic acids is 2. The molecule has 0 radical (unpaired) electrons. The third-order valence-corrected chi connectivity index (χ3v) is 3.95. The van der Waals surface area contributed by atoms with E-state index in [-0.39, 0.29) is 23.8 Å². The summed E-state index contributed by atoms with van der Waals surface area (Å²) in [7, 11) is 0. The monoisotopic (exact) mass is 398 g/mol. The third-order valence-electron chi connectivity index (χ3n) is 3.95. The first-order chi connectivity index (χ1) is 13.9. The lowest BCUT2D eigenvalue weighted by Crippen LogP contribution is -2.30. The zero-order valence-corrected chi connectivity index (χ0v) is 15.8. The minimum Gasteiger partial charge on any atom is -0.488 e. The van der Waals surface area contributed by atoms with Crippen LogP contribution in [-0.4, -0.2) is 23.1 Å². The lowest BCUT2D eigenvalue weighted by atomic mass is 10.2. The molecule has 1 aromatic heterocycles. The van der Waals surface area contributed by atoms with E-state index in [9.17, 15) is 14.0 Å². The van der Waals surface area contributed by atoms with Gasteiger partial charge in [0.1, 0.15) is 29.5 Å². The van der Waals surface area contributed by atoms with Crippen molar-refractivity contribution in [1.82, 2.24) is 5.16 Å². The normalized spacial score (nSPS) is 11.6. The molecule has 0 saturated carbocycles. The smallest absolute Gasteiger partial charge is 0.342 e. The zero-order chi connectivity index (χ0) is 20.8. The van der Waals surface area contributed by atoms with Crippen molar-refractivity contribution >= 4 is 17.7 Å². The molecule has 3 aromatic rings. The molecule has 0 bridgehead atoms. The van der Waals surface area contributed by atoms with Crippen LogP contribution in [0.4, 0.5) is 10.2 Å². The second kappa shape index (κ2) is 9.01. The molecule has 0 saturated heterocycles. The van der Waals surface area contributed by atoms with Gasteiger partial charge in [0.15, 0.2) is 11.9 Å². The SMILES string of the molecule is Cc1cc(NC(=O)[C@@H](C)OC(=O)c2ccccc2OCc2ccc(F)cc2)no1. The van der Waals surface area contributed by atoms with Gasteiger partial charge in [-0.2, -0.15) is 0 Å². The Labute approximate surface area is 166 Å². The Balaban J connectivity index is 1.62. The average molecular weight is 398 g/mol. The molecule has 1 N–H and O–H groups in total. The molecule has 0 fully saturated rings. The Morgan fingerprint density at radius 1 is 1.17 bits per heavy atom. The van der Waals surface area contributed by atoms with E-state index in [4.69, 9.17) is 14.0 Å². The zero-order valence-electron chi connectivity index (χ0n) is 15.8. The first kappa shape index (κ1) is 20.1. The Morgan fingerprint density at radius 3 is 2.59 bits per heavy atom. The highest BCUT2D eigenvalue weighted by atomic mass is 19.1. The van der Waals surface area contributed by atoms with Gasteiger partial charge < -0.3 is 19.3 Å². The van der Waals surface area contributed by atoms with Crippen molar-refractivity contribution < 1.29 is 28.0 Å². The molecule has 0 aliphatic carbocycles. The van der Waals surface area contributed by atoms with Crippen LogP contribution >= 0.6 is 0 Å². The molecule has 3 rings (SSSR count). The van der Waals surface area contributed by atoms with E-state index in [1.165, 1.54) is 25.1 Å². The highest BCUT2D eigenvalue weighted by molar-refractivity contribution is 5.97. The maximum absolute atomic E-state index is 13.0. The minimum absolute atomic E-state index is 0.145. The van der Waals surface area contributed by atoms with E-state index in [1.54, 1.807) is 43.3 Å². The molecule has 2 aromatic carbocycles.